The van der Waals surface area contributed by atoms with Gasteiger partial charge in [0.2, 0.25) is 6.41 Å². The molecule has 0 radical (unpaired) electrons. The molecule has 2 N–H and O–H groups in total. The maximum absolute atomic E-state index is 11.8. The lowest BCUT2D eigenvalue weighted by Gasteiger charge is -2.11. The maximum Gasteiger partial charge on any atom is 0.573 e. The first-order chi connectivity index (χ1) is 7.40. The second-order valence-electron chi connectivity index (χ2n) is 2.97. The number of hydrogen-bond donors (Lipinski definition) is 1. The van der Waals surface area contributed by atoms with Crippen molar-refractivity contribution < 1.29 is 22.7 Å². The predicted octanol–water partition coefficient (Wildman–Crippen LogP) is 1.42. The molecule has 1 aromatic carbocycles. The molecule has 88 valence electrons. The average molecular weight is 234 g/mol. The van der Waals surface area contributed by atoms with E-state index >= 15 is 0 Å². The molecule has 0 aliphatic heterocycles. The molecule has 0 aromatic heterocycles. The van der Waals surface area contributed by atoms with Crippen LogP contribution in [0, 0.1) is 0 Å². The first kappa shape index (κ1) is 12.3. The first-order valence-corrected chi connectivity index (χ1v) is 4.22. The van der Waals surface area contributed by atoms with E-state index in [2.05, 4.69) is 4.74 Å². The van der Waals surface area contributed by atoms with Crippen molar-refractivity contribution in [3.63, 3.8) is 0 Å². The van der Waals surface area contributed by atoms with Crippen LogP contribution in [0.3, 0.4) is 0 Å². The molecule has 1 amide bonds. The quantitative estimate of drug-likeness (QED) is 0.371. The number of amides is 1. The maximum atomic E-state index is 11.8. The van der Waals surface area contributed by atoms with Gasteiger partial charge in [-0.05, 0) is 17.7 Å². The summed E-state index contributed by atoms with van der Waals surface area (Å²) in [5, 5.41) is 0.875. The Morgan fingerprint density at radius 1 is 1.31 bits per heavy atom. The Hall–Kier alpha value is -1.76. The largest absolute Gasteiger partial charge is 0.573 e. The van der Waals surface area contributed by atoms with Crippen LogP contribution in [0.15, 0.2) is 24.3 Å². The van der Waals surface area contributed by atoms with E-state index in [0.717, 1.165) is 17.1 Å². The topological polar surface area (TPSA) is 55.6 Å². The van der Waals surface area contributed by atoms with Crippen molar-refractivity contribution in [3.8, 4) is 5.75 Å². The average Bonchev–Trinajstić information content (AvgIpc) is 2.18. The fraction of sp³-hybridized carbons (Fsp3) is 0.222. The molecule has 0 aliphatic carbocycles. The lowest BCUT2D eigenvalue weighted by atomic mass is 10.2. The number of nitrogens with zero attached hydrogens (tertiary/aromatic N) is 1. The van der Waals surface area contributed by atoms with Gasteiger partial charge in [0.1, 0.15) is 5.75 Å². The number of carbonyl (C=O) groups excluding carboxylic acids is 1. The highest BCUT2D eigenvalue weighted by Crippen LogP contribution is 2.22. The van der Waals surface area contributed by atoms with Gasteiger partial charge < -0.3 is 4.74 Å². The van der Waals surface area contributed by atoms with Gasteiger partial charge >= 0.3 is 6.36 Å². The SMILES string of the molecule is NN(C=O)Cc1ccc(OC(F)(F)F)cc1. The van der Waals surface area contributed by atoms with E-state index in [0.29, 0.717) is 12.0 Å². The summed E-state index contributed by atoms with van der Waals surface area (Å²) in [5.41, 5.74) is 0.601. The van der Waals surface area contributed by atoms with Crippen LogP contribution in [0.5, 0.6) is 5.75 Å². The third-order valence-corrected chi connectivity index (χ3v) is 1.66. The van der Waals surface area contributed by atoms with Crippen LogP contribution >= 0.6 is 0 Å². The summed E-state index contributed by atoms with van der Waals surface area (Å²) < 4.78 is 39.1. The van der Waals surface area contributed by atoms with Crippen LogP contribution in [-0.2, 0) is 11.3 Å². The van der Waals surface area contributed by atoms with E-state index in [1.165, 1.54) is 12.1 Å². The fourth-order valence-electron chi connectivity index (χ4n) is 1.04. The van der Waals surface area contributed by atoms with E-state index in [1.54, 1.807) is 0 Å². The molecule has 16 heavy (non-hydrogen) atoms. The van der Waals surface area contributed by atoms with Crippen molar-refractivity contribution in [2.24, 2.45) is 5.84 Å². The summed E-state index contributed by atoms with van der Waals surface area (Å²) in [6, 6.07) is 5.10. The number of benzene rings is 1. The molecule has 0 atom stereocenters. The van der Waals surface area contributed by atoms with Gasteiger partial charge in [0.05, 0.1) is 6.54 Å². The Bertz CT molecular complexity index is 351. The minimum Gasteiger partial charge on any atom is -0.406 e. The van der Waals surface area contributed by atoms with Gasteiger partial charge in [-0.1, -0.05) is 12.1 Å². The summed E-state index contributed by atoms with van der Waals surface area (Å²) in [6.45, 7) is 0.121. The van der Waals surface area contributed by atoms with E-state index in [-0.39, 0.29) is 12.3 Å². The summed E-state index contributed by atoms with van der Waals surface area (Å²) in [6.07, 6.45) is -4.29. The normalized spacial score (nSPS) is 11.0. The molecule has 0 heterocycles. The summed E-state index contributed by atoms with van der Waals surface area (Å²) in [4.78, 5) is 10.2. The number of alkyl halides is 3. The van der Waals surface area contributed by atoms with Gasteiger partial charge in [-0.3, -0.25) is 9.80 Å². The van der Waals surface area contributed by atoms with Crippen molar-refractivity contribution in [3.05, 3.63) is 29.8 Å². The second kappa shape index (κ2) is 4.84. The molecule has 0 bridgehead atoms. The lowest BCUT2D eigenvalue weighted by molar-refractivity contribution is -0.274. The Morgan fingerprint density at radius 3 is 2.31 bits per heavy atom. The molecule has 0 fully saturated rings. The standard InChI is InChI=1S/C9H9F3N2O2/c10-9(11,12)16-8-3-1-7(2-4-8)5-14(13)6-15/h1-4,6H,5,13H2. The number of hydrogen-bond acceptors (Lipinski definition) is 3. The third-order valence-electron chi connectivity index (χ3n) is 1.66. The van der Waals surface area contributed by atoms with E-state index in [9.17, 15) is 18.0 Å². The van der Waals surface area contributed by atoms with Gasteiger partial charge in [-0.2, -0.15) is 0 Å². The minimum absolute atomic E-state index is 0.121. The number of carbonyl (C=O) groups is 1. The molecule has 0 unspecified atom stereocenters. The Morgan fingerprint density at radius 2 is 1.88 bits per heavy atom. The van der Waals surface area contributed by atoms with Gasteiger partial charge in [0.25, 0.3) is 0 Å². The molecular weight excluding hydrogens is 225 g/mol. The number of rotatable bonds is 4. The highest BCUT2D eigenvalue weighted by molar-refractivity contribution is 5.46. The monoisotopic (exact) mass is 234 g/mol. The molecule has 0 spiro atoms. The van der Waals surface area contributed by atoms with Crippen molar-refractivity contribution >= 4 is 6.41 Å². The molecule has 7 heteroatoms. The number of hydrazine groups is 1. The molecule has 0 aliphatic rings. The van der Waals surface area contributed by atoms with E-state index < -0.39 is 6.36 Å². The van der Waals surface area contributed by atoms with Crippen molar-refractivity contribution in [1.29, 1.82) is 0 Å². The highest BCUT2D eigenvalue weighted by Gasteiger charge is 2.30. The summed E-state index contributed by atoms with van der Waals surface area (Å²) in [5.74, 6) is 4.88. The van der Waals surface area contributed by atoms with Crippen molar-refractivity contribution in [2.45, 2.75) is 12.9 Å². The van der Waals surface area contributed by atoms with E-state index in [1.807, 2.05) is 0 Å². The van der Waals surface area contributed by atoms with E-state index in [4.69, 9.17) is 5.84 Å². The highest BCUT2D eigenvalue weighted by atomic mass is 19.4. The smallest absolute Gasteiger partial charge is 0.406 e. The predicted molar refractivity (Wildman–Crippen MR) is 48.9 cm³/mol. The zero-order valence-electron chi connectivity index (χ0n) is 8.07. The minimum atomic E-state index is -4.70. The van der Waals surface area contributed by atoms with Crippen LogP contribution in [0.25, 0.3) is 0 Å². The number of nitrogens with two attached hydrogens (primary N) is 1. The first-order valence-electron chi connectivity index (χ1n) is 4.22. The van der Waals surface area contributed by atoms with Crippen molar-refractivity contribution in [2.75, 3.05) is 0 Å². The molecule has 1 rings (SSSR count). The van der Waals surface area contributed by atoms with Gasteiger partial charge in [-0.15, -0.1) is 13.2 Å². The third kappa shape index (κ3) is 4.18. The molecule has 0 saturated carbocycles. The lowest BCUT2D eigenvalue weighted by Crippen LogP contribution is -2.28. The van der Waals surface area contributed by atoms with Gasteiger partial charge in [-0.25, -0.2) is 5.84 Å². The number of halogens is 3. The van der Waals surface area contributed by atoms with Crippen molar-refractivity contribution in [1.82, 2.24) is 5.01 Å². The zero-order chi connectivity index (χ0) is 12.2. The van der Waals surface area contributed by atoms with Crippen LogP contribution < -0.4 is 10.6 Å². The van der Waals surface area contributed by atoms with Gasteiger partial charge in [0.15, 0.2) is 0 Å². The number of ether oxygens (including phenoxy) is 1. The Labute approximate surface area is 89.4 Å². The molecular formula is C9H9F3N2O2. The molecule has 1 aromatic rings. The Balaban J connectivity index is 2.64. The van der Waals surface area contributed by atoms with Crippen LogP contribution in [0.4, 0.5) is 13.2 Å². The van der Waals surface area contributed by atoms with Crippen LogP contribution in [0.1, 0.15) is 5.56 Å². The summed E-state index contributed by atoms with van der Waals surface area (Å²) in [7, 11) is 0. The Kier molecular flexibility index (Phi) is 3.73. The zero-order valence-corrected chi connectivity index (χ0v) is 8.07. The van der Waals surface area contributed by atoms with Crippen LogP contribution in [0.2, 0.25) is 0 Å². The molecule has 0 saturated heterocycles. The molecule has 4 nitrogen and oxygen atoms in total. The van der Waals surface area contributed by atoms with Gasteiger partial charge in [0, 0.05) is 0 Å². The summed E-state index contributed by atoms with van der Waals surface area (Å²) >= 11 is 0. The second-order valence-corrected chi connectivity index (χ2v) is 2.97. The fourth-order valence-corrected chi connectivity index (χ4v) is 1.04. The van der Waals surface area contributed by atoms with Crippen LogP contribution in [-0.4, -0.2) is 17.8 Å².